The van der Waals surface area contributed by atoms with Crippen LogP contribution in [0, 0.1) is 6.10 Å². The molecule has 0 aromatic carbocycles. The third kappa shape index (κ3) is 2.17. The fourth-order valence-electron chi connectivity index (χ4n) is 1.01. The molecule has 2 heteroatoms. The first kappa shape index (κ1) is 8.50. The van der Waals surface area contributed by atoms with Gasteiger partial charge >= 0.3 is 0 Å². The van der Waals surface area contributed by atoms with Gasteiger partial charge in [-0.1, -0.05) is 18.2 Å². The third-order valence-corrected chi connectivity index (χ3v) is 1.52. The largest absolute Gasteiger partial charge is 0.371 e. The highest BCUT2D eigenvalue weighted by atomic mass is 16.5. The predicted octanol–water partition coefficient (Wildman–Crippen LogP) is 1.70. The SMILES string of the molecule is CCOC1C=CC=C[C]1OC. The molecule has 0 saturated carbocycles. The van der Waals surface area contributed by atoms with Crippen LogP contribution >= 0.6 is 0 Å². The molecule has 1 radical (unpaired) electrons. The van der Waals surface area contributed by atoms with Gasteiger partial charge in [0.2, 0.25) is 0 Å². The average Bonchev–Trinajstić information content (AvgIpc) is 2.06. The van der Waals surface area contributed by atoms with E-state index < -0.39 is 0 Å². The zero-order valence-corrected chi connectivity index (χ0v) is 6.91. The Hall–Kier alpha value is -0.600. The Morgan fingerprint density at radius 3 is 2.91 bits per heavy atom. The van der Waals surface area contributed by atoms with E-state index in [9.17, 15) is 0 Å². The average molecular weight is 153 g/mol. The zero-order chi connectivity index (χ0) is 8.10. The van der Waals surface area contributed by atoms with Gasteiger partial charge in [0, 0.05) is 13.7 Å². The first-order valence-corrected chi connectivity index (χ1v) is 3.75. The van der Waals surface area contributed by atoms with Crippen molar-refractivity contribution in [1.29, 1.82) is 0 Å². The molecule has 1 aliphatic rings. The van der Waals surface area contributed by atoms with Gasteiger partial charge in [0.05, 0.1) is 0 Å². The van der Waals surface area contributed by atoms with Crippen molar-refractivity contribution in [2.24, 2.45) is 0 Å². The van der Waals surface area contributed by atoms with Gasteiger partial charge in [-0.2, -0.15) is 0 Å². The van der Waals surface area contributed by atoms with Gasteiger partial charge in [-0.3, -0.25) is 0 Å². The molecule has 2 nitrogen and oxygen atoms in total. The summed E-state index contributed by atoms with van der Waals surface area (Å²) in [6.45, 7) is 2.68. The van der Waals surface area contributed by atoms with Gasteiger partial charge in [-0.25, -0.2) is 0 Å². The lowest BCUT2D eigenvalue weighted by Crippen LogP contribution is -2.21. The second kappa shape index (κ2) is 4.31. The third-order valence-electron chi connectivity index (χ3n) is 1.52. The summed E-state index contributed by atoms with van der Waals surface area (Å²) in [6, 6.07) is 0. The summed E-state index contributed by atoms with van der Waals surface area (Å²) in [4.78, 5) is 0. The van der Waals surface area contributed by atoms with Gasteiger partial charge in [0.1, 0.15) is 6.10 Å². The molecule has 1 unspecified atom stereocenters. The maximum atomic E-state index is 5.39. The lowest BCUT2D eigenvalue weighted by atomic mass is 10.1. The van der Waals surface area contributed by atoms with Crippen molar-refractivity contribution in [1.82, 2.24) is 0 Å². The molecule has 0 aromatic rings. The van der Waals surface area contributed by atoms with Gasteiger partial charge in [-0.15, -0.1) is 0 Å². The Labute approximate surface area is 67.5 Å². The fourth-order valence-corrected chi connectivity index (χ4v) is 1.01. The molecule has 0 fully saturated rings. The van der Waals surface area contributed by atoms with E-state index in [2.05, 4.69) is 0 Å². The molecule has 1 rings (SSSR count). The monoisotopic (exact) mass is 153 g/mol. The van der Waals surface area contributed by atoms with Crippen molar-refractivity contribution >= 4 is 0 Å². The predicted molar refractivity (Wildman–Crippen MR) is 43.9 cm³/mol. The van der Waals surface area contributed by atoms with E-state index in [1.165, 1.54) is 0 Å². The summed E-state index contributed by atoms with van der Waals surface area (Å²) in [5, 5.41) is 0. The highest BCUT2D eigenvalue weighted by Crippen LogP contribution is 2.18. The Kier molecular flexibility index (Phi) is 3.33. The summed E-state index contributed by atoms with van der Waals surface area (Å²) in [7, 11) is 1.66. The summed E-state index contributed by atoms with van der Waals surface area (Å²) in [5.74, 6) is 0. The van der Waals surface area contributed by atoms with Gasteiger partial charge < -0.3 is 9.47 Å². The smallest absolute Gasteiger partial charge is 0.151 e. The lowest BCUT2D eigenvalue weighted by Gasteiger charge is -2.20. The second-order valence-corrected chi connectivity index (χ2v) is 2.23. The van der Waals surface area contributed by atoms with Crippen molar-refractivity contribution in [2.45, 2.75) is 13.0 Å². The van der Waals surface area contributed by atoms with Gasteiger partial charge in [0.25, 0.3) is 0 Å². The number of allylic oxidation sites excluding steroid dienone is 2. The van der Waals surface area contributed by atoms with Crippen LogP contribution in [-0.4, -0.2) is 19.8 Å². The maximum absolute atomic E-state index is 5.39. The Balaban J connectivity index is 2.48. The molecule has 1 atom stereocenters. The second-order valence-electron chi connectivity index (χ2n) is 2.23. The van der Waals surface area contributed by atoms with E-state index in [1.807, 2.05) is 31.2 Å². The summed E-state index contributed by atoms with van der Waals surface area (Å²) in [5.41, 5.74) is 0. The van der Waals surface area contributed by atoms with Gasteiger partial charge in [0.15, 0.2) is 6.10 Å². The fraction of sp³-hybridized carbons (Fsp3) is 0.444. The van der Waals surface area contributed by atoms with Crippen LogP contribution in [0.15, 0.2) is 24.3 Å². The maximum Gasteiger partial charge on any atom is 0.151 e. The topological polar surface area (TPSA) is 18.5 Å². The number of methoxy groups -OCH3 is 1. The molecule has 0 N–H and O–H groups in total. The van der Waals surface area contributed by atoms with Crippen LogP contribution in [0.1, 0.15) is 6.92 Å². The van der Waals surface area contributed by atoms with Crippen LogP contribution in [0.4, 0.5) is 0 Å². The summed E-state index contributed by atoms with van der Waals surface area (Å²) in [6.07, 6.45) is 8.67. The minimum Gasteiger partial charge on any atom is -0.371 e. The molecule has 0 saturated heterocycles. The zero-order valence-electron chi connectivity index (χ0n) is 6.91. The molecule has 0 spiro atoms. The van der Waals surface area contributed by atoms with Crippen LogP contribution in [0.3, 0.4) is 0 Å². The Morgan fingerprint density at radius 2 is 2.27 bits per heavy atom. The highest BCUT2D eigenvalue weighted by Gasteiger charge is 2.18. The van der Waals surface area contributed by atoms with Crippen molar-refractivity contribution in [3.8, 4) is 0 Å². The normalized spacial score (nSPS) is 24.4. The molecular formula is C9H13O2. The van der Waals surface area contributed by atoms with E-state index in [1.54, 1.807) is 7.11 Å². The van der Waals surface area contributed by atoms with Crippen molar-refractivity contribution in [3.05, 3.63) is 30.4 Å². The van der Waals surface area contributed by atoms with E-state index >= 15 is 0 Å². The molecule has 0 heterocycles. The van der Waals surface area contributed by atoms with Crippen LogP contribution in [0.2, 0.25) is 0 Å². The quantitative estimate of drug-likeness (QED) is 0.614. The molecule has 0 bridgehead atoms. The minimum atomic E-state index is 0.00926. The van der Waals surface area contributed by atoms with Crippen molar-refractivity contribution in [2.75, 3.05) is 13.7 Å². The molecule has 0 amide bonds. The van der Waals surface area contributed by atoms with Crippen LogP contribution in [0.5, 0.6) is 0 Å². The van der Waals surface area contributed by atoms with Crippen LogP contribution in [0.25, 0.3) is 0 Å². The van der Waals surface area contributed by atoms with Crippen molar-refractivity contribution in [3.63, 3.8) is 0 Å². The molecule has 11 heavy (non-hydrogen) atoms. The van der Waals surface area contributed by atoms with E-state index in [-0.39, 0.29) is 6.10 Å². The van der Waals surface area contributed by atoms with E-state index in [0.717, 1.165) is 6.10 Å². The van der Waals surface area contributed by atoms with Crippen molar-refractivity contribution < 1.29 is 9.47 Å². The van der Waals surface area contributed by atoms with Gasteiger partial charge in [-0.05, 0) is 13.0 Å². The van der Waals surface area contributed by atoms with Crippen LogP contribution < -0.4 is 0 Å². The number of ether oxygens (including phenoxy) is 2. The standard InChI is InChI=1S/C9H13O2/c1-3-11-9-7-5-4-6-8(9)10-2/h4-7,9H,3H2,1-2H3. The minimum absolute atomic E-state index is 0.00926. The van der Waals surface area contributed by atoms with Crippen LogP contribution in [-0.2, 0) is 9.47 Å². The van der Waals surface area contributed by atoms with E-state index in [4.69, 9.17) is 9.47 Å². The Morgan fingerprint density at radius 1 is 1.45 bits per heavy atom. The number of hydrogen-bond acceptors (Lipinski definition) is 2. The molecule has 61 valence electrons. The highest BCUT2D eigenvalue weighted by molar-refractivity contribution is 5.25. The molecule has 1 aliphatic carbocycles. The molecule has 0 aliphatic heterocycles. The lowest BCUT2D eigenvalue weighted by molar-refractivity contribution is 0.0481. The first-order chi connectivity index (χ1) is 5.38. The Bertz CT molecular complexity index is 161. The molecule has 0 aromatic heterocycles. The molecular weight excluding hydrogens is 140 g/mol. The summed E-state index contributed by atoms with van der Waals surface area (Å²) < 4.78 is 10.5. The van der Waals surface area contributed by atoms with E-state index in [0.29, 0.717) is 6.61 Å². The number of rotatable bonds is 3. The first-order valence-electron chi connectivity index (χ1n) is 3.75. The summed E-state index contributed by atoms with van der Waals surface area (Å²) >= 11 is 0. The number of hydrogen-bond donors (Lipinski definition) is 0.